The number of rotatable bonds is 3. The van der Waals surface area contributed by atoms with Crippen LogP contribution < -0.4 is 0 Å². The van der Waals surface area contributed by atoms with Gasteiger partial charge in [0.2, 0.25) is 0 Å². The van der Waals surface area contributed by atoms with Gasteiger partial charge in [-0.25, -0.2) is 9.67 Å². The van der Waals surface area contributed by atoms with E-state index in [1.165, 1.54) is 24.1 Å². The van der Waals surface area contributed by atoms with Gasteiger partial charge in [-0.3, -0.25) is 4.98 Å². The Balaban J connectivity index is 2.00. The van der Waals surface area contributed by atoms with Crippen LogP contribution in [0.1, 0.15) is 31.4 Å². The standard InChI is InChI=1S/C16H15BrN4/c1-2-21-16-14(9-19-21)13(6-15(20-16)10-3-4-10)11-5-12(17)8-18-7-11/h5-10H,2-4H2,1H3. The molecule has 1 aliphatic carbocycles. The molecule has 4 nitrogen and oxygen atoms in total. The van der Waals surface area contributed by atoms with E-state index >= 15 is 0 Å². The summed E-state index contributed by atoms with van der Waals surface area (Å²) in [4.78, 5) is 9.13. The van der Waals surface area contributed by atoms with Crippen molar-refractivity contribution < 1.29 is 0 Å². The van der Waals surface area contributed by atoms with Gasteiger partial charge >= 0.3 is 0 Å². The molecule has 5 heteroatoms. The first-order valence-electron chi connectivity index (χ1n) is 7.23. The van der Waals surface area contributed by atoms with Gasteiger partial charge in [-0.2, -0.15) is 5.10 Å². The van der Waals surface area contributed by atoms with Gasteiger partial charge in [0.1, 0.15) is 0 Å². The highest BCUT2D eigenvalue weighted by molar-refractivity contribution is 9.10. The summed E-state index contributed by atoms with van der Waals surface area (Å²) in [6, 6.07) is 4.31. The zero-order chi connectivity index (χ0) is 14.4. The van der Waals surface area contributed by atoms with E-state index in [4.69, 9.17) is 4.98 Å². The summed E-state index contributed by atoms with van der Waals surface area (Å²) < 4.78 is 2.96. The van der Waals surface area contributed by atoms with Crippen molar-refractivity contribution in [3.63, 3.8) is 0 Å². The third-order valence-electron chi connectivity index (χ3n) is 3.94. The molecule has 1 aliphatic rings. The molecule has 3 heterocycles. The Morgan fingerprint density at radius 3 is 2.81 bits per heavy atom. The number of aryl methyl sites for hydroxylation is 1. The molecule has 1 saturated carbocycles. The maximum atomic E-state index is 4.84. The zero-order valence-corrected chi connectivity index (χ0v) is 13.3. The molecule has 0 bridgehead atoms. The molecule has 3 aromatic heterocycles. The molecular formula is C16H15BrN4. The topological polar surface area (TPSA) is 43.6 Å². The van der Waals surface area contributed by atoms with Crippen LogP contribution in [-0.4, -0.2) is 19.7 Å². The first-order chi connectivity index (χ1) is 10.3. The van der Waals surface area contributed by atoms with Gasteiger partial charge in [-0.1, -0.05) is 0 Å². The number of hydrogen-bond acceptors (Lipinski definition) is 3. The molecule has 1 fully saturated rings. The van der Waals surface area contributed by atoms with Gasteiger partial charge < -0.3 is 0 Å². The van der Waals surface area contributed by atoms with Crippen LogP contribution in [0, 0.1) is 0 Å². The van der Waals surface area contributed by atoms with Crippen molar-refractivity contribution in [2.45, 2.75) is 32.2 Å². The third-order valence-corrected chi connectivity index (χ3v) is 4.37. The molecule has 0 aromatic carbocycles. The van der Waals surface area contributed by atoms with Crippen LogP contribution in [0.2, 0.25) is 0 Å². The Kier molecular flexibility index (Phi) is 3.03. The van der Waals surface area contributed by atoms with Gasteiger partial charge in [0, 0.05) is 46.0 Å². The molecule has 0 atom stereocenters. The fourth-order valence-corrected chi connectivity index (χ4v) is 3.05. The largest absolute Gasteiger partial charge is 0.263 e. The molecule has 0 aliphatic heterocycles. The second-order valence-corrected chi connectivity index (χ2v) is 6.37. The van der Waals surface area contributed by atoms with Crippen molar-refractivity contribution in [2.75, 3.05) is 0 Å². The molecule has 0 amide bonds. The fraction of sp³-hybridized carbons (Fsp3) is 0.312. The molecular weight excluding hydrogens is 328 g/mol. The van der Waals surface area contributed by atoms with Gasteiger partial charge in [0.15, 0.2) is 5.65 Å². The predicted molar refractivity (Wildman–Crippen MR) is 86.1 cm³/mol. The molecule has 4 rings (SSSR count). The Hall–Kier alpha value is -1.75. The maximum absolute atomic E-state index is 4.84. The summed E-state index contributed by atoms with van der Waals surface area (Å²) in [5.74, 6) is 0.619. The van der Waals surface area contributed by atoms with Gasteiger partial charge in [0.25, 0.3) is 0 Å². The number of aromatic nitrogens is 4. The second kappa shape index (κ2) is 4.91. The second-order valence-electron chi connectivity index (χ2n) is 5.46. The van der Waals surface area contributed by atoms with Crippen molar-refractivity contribution in [3.05, 3.63) is 40.9 Å². The Morgan fingerprint density at radius 2 is 2.10 bits per heavy atom. The Bertz CT molecular complexity index is 820. The molecule has 0 N–H and O–H groups in total. The minimum atomic E-state index is 0.619. The van der Waals surface area contributed by atoms with E-state index in [9.17, 15) is 0 Å². The summed E-state index contributed by atoms with van der Waals surface area (Å²) in [6.07, 6.45) is 8.11. The maximum Gasteiger partial charge on any atom is 0.158 e. The van der Waals surface area contributed by atoms with Gasteiger partial charge in [-0.15, -0.1) is 0 Å². The van der Waals surface area contributed by atoms with Crippen molar-refractivity contribution in [3.8, 4) is 11.1 Å². The number of hydrogen-bond donors (Lipinski definition) is 0. The van der Waals surface area contributed by atoms with Crippen molar-refractivity contribution in [1.82, 2.24) is 19.7 Å². The average Bonchev–Trinajstić information content (AvgIpc) is 3.26. The normalized spacial score (nSPS) is 14.8. The van der Waals surface area contributed by atoms with E-state index in [-0.39, 0.29) is 0 Å². The predicted octanol–water partition coefficient (Wildman–Crippen LogP) is 4.15. The van der Waals surface area contributed by atoms with Crippen LogP contribution in [0.25, 0.3) is 22.2 Å². The number of halogens is 1. The summed E-state index contributed by atoms with van der Waals surface area (Å²) in [5.41, 5.74) is 4.45. The van der Waals surface area contributed by atoms with Crippen molar-refractivity contribution in [2.24, 2.45) is 0 Å². The molecule has 21 heavy (non-hydrogen) atoms. The average molecular weight is 343 g/mol. The van der Waals surface area contributed by atoms with Crippen LogP contribution >= 0.6 is 15.9 Å². The van der Waals surface area contributed by atoms with Crippen LogP contribution in [0.4, 0.5) is 0 Å². The lowest BCUT2D eigenvalue weighted by molar-refractivity contribution is 0.675. The molecule has 0 unspecified atom stereocenters. The highest BCUT2D eigenvalue weighted by Gasteiger charge is 2.27. The minimum Gasteiger partial charge on any atom is -0.263 e. The SMILES string of the molecule is CCn1ncc2c(-c3cncc(Br)c3)cc(C3CC3)nc21. The summed E-state index contributed by atoms with van der Waals surface area (Å²) in [7, 11) is 0. The summed E-state index contributed by atoms with van der Waals surface area (Å²) in [6.45, 7) is 2.93. The molecule has 106 valence electrons. The van der Waals surface area contributed by atoms with Crippen molar-refractivity contribution >= 4 is 27.0 Å². The summed E-state index contributed by atoms with van der Waals surface area (Å²) >= 11 is 3.50. The lowest BCUT2D eigenvalue weighted by Crippen LogP contribution is -1.99. The van der Waals surface area contributed by atoms with Crippen LogP contribution in [0.3, 0.4) is 0 Å². The highest BCUT2D eigenvalue weighted by atomic mass is 79.9. The Morgan fingerprint density at radius 1 is 1.24 bits per heavy atom. The first kappa shape index (κ1) is 13.0. The fourth-order valence-electron chi connectivity index (χ4n) is 2.68. The van der Waals surface area contributed by atoms with E-state index in [2.05, 4.69) is 45.1 Å². The number of pyridine rings is 2. The lowest BCUT2D eigenvalue weighted by atomic mass is 10.0. The van der Waals surface area contributed by atoms with E-state index in [0.717, 1.165) is 27.6 Å². The minimum absolute atomic E-state index is 0.619. The van der Waals surface area contributed by atoms with Crippen LogP contribution in [0.15, 0.2) is 35.2 Å². The molecule has 0 spiro atoms. The lowest BCUT2D eigenvalue weighted by Gasteiger charge is -2.08. The number of nitrogens with zero attached hydrogens (tertiary/aromatic N) is 4. The monoisotopic (exact) mass is 342 g/mol. The van der Waals surface area contributed by atoms with Crippen LogP contribution in [-0.2, 0) is 6.54 Å². The molecule has 0 radical (unpaired) electrons. The smallest absolute Gasteiger partial charge is 0.158 e. The molecule has 0 saturated heterocycles. The summed E-state index contributed by atoms with van der Waals surface area (Å²) in [5, 5.41) is 5.56. The highest BCUT2D eigenvalue weighted by Crippen LogP contribution is 2.41. The Labute approximate surface area is 131 Å². The van der Waals surface area contributed by atoms with E-state index in [1.54, 1.807) is 6.20 Å². The van der Waals surface area contributed by atoms with E-state index < -0.39 is 0 Å². The van der Waals surface area contributed by atoms with E-state index in [0.29, 0.717) is 5.92 Å². The van der Waals surface area contributed by atoms with Gasteiger partial charge in [0.05, 0.1) is 6.20 Å². The zero-order valence-electron chi connectivity index (χ0n) is 11.8. The van der Waals surface area contributed by atoms with Crippen LogP contribution in [0.5, 0.6) is 0 Å². The quantitative estimate of drug-likeness (QED) is 0.717. The number of fused-ring (bicyclic) bond motifs is 1. The third kappa shape index (κ3) is 2.25. The van der Waals surface area contributed by atoms with E-state index in [1.807, 2.05) is 17.1 Å². The van der Waals surface area contributed by atoms with Gasteiger partial charge in [-0.05, 0) is 53.4 Å². The molecule has 3 aromatic rings. The first-order valence-corrected chi connectivity index (χ1v) is 8.03. The van der Waals surface area contributed by atoms with Crippen molar-refractivity contribution in [1.29, 1.82) is 0 Å².